The van der Waals surface area contributed by atoms with Gasteiger partial charge in [-0.25, -0.2) is 0 Å². The number of rotatable bonds is 5. The fourth-order valence-electron chi connectivity index (χ4n) is 2.08. The van der Waals surface area contributed by atoms with Gasteiger partial charge < -0.3 is 14.9 Å². The minimum absolute atomic E-state index is 0.130. The summed E-state index contributed by atoms with van der Waals surface area (Å²) >= 11 is 2.81. The van der Waals surface area contributed by atoms with Crippen LogP contribution in [-0.2, 0) is 15.2 Å². The molecule has 0 aromatic carbocycles. The van der Waals surface area contributed by atoms with Crippen LogP contribution in [0, 0.1) is 0 Å². The Morgan fingerprint density at radius 2 is 2.12 bits per heavy atom. The molecule has 0 fully saturated rings. The van der Waals surface area contributed by atoms with Crippen LogP contribution in [0.25, 0.3) is 0 Å². The van der Waals surface area contributed by atoms with Crippen LogP contribution in [0.2, 0.25) is 0 Å². The van der Waals surface area contributed by atoms with Crippen LogP contribution in [0.5, 0.6) is 0 Å². The number of nitrogens with one attached hydrogen (secondary N) is 2. The maximum Gasteiger partial charge on any atom is 0.314 e. The number of thiophene rings is 2. The van der Waals surface area contributed by atoms with Crippen molar-refractivity contribution in [3.05, 3.63) is 57.1 Å². The maximum absolute atomic E-state index is 12.0. The standard InChI is InChI=1S/C15H13N3O4S2/c19-13(14(20)17-12-3-5-22-18-12)16-9-15(21,10-4-7-23-8-10)11-2-1-6-24-11/h1-8,21H,9H2,(H,16,19)(H,17,18,20)/t15-/m1/s1. The van der Waals surface area contributed by atoms with Crippen molar-refractivity contribution in [2.45, 2.75) is 5.60 Å². The number of hydrogen-bond donors (Lipinski definition) is 3. The van der Waals surface area contributed by atoms with Crippen LogP contribution in [-0.4, -0.2) is 28.6 Å². The van der Waals surface area contributed by atoms with E-state index in [1.165, 1.54) is 35.0 Å². The fourth-order valence-corrected chi connectivity index (χ4v) is 3.65. The molecule has 0 saturated heterocycles. The van der Waals surface area contributed by atoms with Gasteiger partial charge in [0.25, 0.3) is 0 Å². The first kappa shape index (κ1) is 16.4. The van der Waals surface area contributed by atoms with Gasteiger partial charge in [0.1, 0.15) is 11.9 Å². The zero-order valence-corrected chi connectivity index (χ0v) is 13.9. The lowest BCUT2D eigenvalue weighted by atomic mass is 9.94. The average Bonchev–Trinajstić information content (AvgIpc) is 3.35. The normalized spacial score (nSPS) is 13.2. The first-order chi connectivity index (χ1) is 11.6. The molecule has 3 aromatic heterocycles. The summed E-state index contributed by atoms with van der Waals surface area (Å²) in [5, 5.41) is 24.8. The monoisotopic (exact) mass is 363 g/mol. The number of carbonyl (C=O) groups excluding carboxylic acids is 2. The molecule has 0 spiro atoms. The minimum atomic E-state index is -1.39. The Morgan fingerprint density at radius 3 is 2.75 bits per heavy atom. The van der Waals surface area contributed by atoms with Crippen LogP contribution in [0.1, 0.15) is 10.4 Å². The summed E-state index contributed by atoms with van der Waals surface area (Å²) in [5.74, 6) is -1.62. The number of nitrogens with zero attached hydrogens (tertiary/aromatic N) is 1. The second kappa shape index (κ2) is 6.95. The van der Waals surface area contributed by atoms with Gasteiger partial charge in [0, 0.05) is 16.5 Å². The summed E-state index contributed by atoms with van der Waals surface area (Å²) < 4.78 is 4.57. The van der Waals surface area contributed by atoms with Gasteiger partial charge >= 0.3 is 11.8 Å². The Balaban J connectivity index is 1.70. The van der Waals surface area contributed by atoms with Gasteiger partial charge in [0.05, 0.1) is 6.54 Å². The molecule has 0 aliphatic carbocycles. The Hall–Kier alpha value is -2.49. The van der Waals surface area contributed by atoms with Gasteiger partial charge in [0.2, 0.25) is 0 Å². The predicted octanol–water partition coefficient (Wildman–Crippen LogP) is 1.79. The third kappa shape index (κ3) is 3.37. The largest absolute Gasteiger partial charge is 0.378 e. The Morgan fingerprint density at radius 1 is 1.25 bits per heavy atom. The predicted molar refractivity (Wildman–Crippen MR) is 89.8 cm³/mol. The highest BCUT2D eigenvalue weighted by atomic mass is 32.1. The summed E-state index contributed by atoms with van der Waals surface area (Å²) in [5.41, 5.74) is -0.731. The molecule has 0 radical (unpaired) electrons. The van der Waals surface area contributed by atoms with Crippen molar-refractivity contribution in [1.29, 1.82) is 0 Å². The van der Waals surface area contributed by atoms with E-state index in [9.17, 15) is 14.7 Å². The van der Waals surface area contributed by atoms with E-state index in [0.717, 1.165) is 0 Å². The van der Waals surface area contributed by atoms with Gasteiger partial charge in [-0.1, -0.05) is 11.2 Å². The van der Waals surface area contributed by atoms with E-state index in [4.69, 9.17) is 0 Å². The van der Waals surface area contributed by atoms with E-state index in [-0.39, 0.29) is 12.4 Å². The molecule has 3 rings (SSSR count). The van der Waals surface area contributed by atoms with E-state index in [0.29, 0.717) is 10.4 Å². The number of aromatic nitrogens is 1. The van der Waals surface area contributed by atoms with Gasteiger partial charge in [-0.3, -0.25) is 14.9 Å². The summed E-state index contributed by atoms with van der Waals surface area (Å²) in [7, 11) is 0. The molecule has 0 aliphatic heterocycles. The summed E-state index contributed by atoms with van der Waals surface area (Å²) in [6.07, 6.45) is 1.28. The topological polar surface area (TPSA) is 104 Å². The SMILES string of the molecule is O=C(NC[C@@](O)(c1ccsc1)c1cccs1)C(=O)Nc1ccon1. The zero-order valence-electron chi connectivity index (χ0n) is 12.3. The number of anilines is 1. The molecule has 7 nitrogen and oxygen atoms in total. The van der Waals surface area contributed by atoms with Gasteiger partial charge in [-0.15, -0.1) is 11.3 Å². The van der Waals surface area contributed by atoms with Crippen LogP contribution in [0.15, 0.2) is 51.2 Å². The molecule has 24 heavy (non-hydrogen) atoms. The summed E-state index contributed by atoms with van der Waals surface area (Å²) in [6, 6.07) is 6.80. The fraction of sp³-hybridized carbons (Fsp3) is 0.133. The lowest BCUT2D eigenvalue weighted by Crippen LogP contribution is -2.44. The molecule has 9 heteroatoms. The van der Waals surface area contributed by atoms with E-state index in [1.807, 2.05) is 16.8 Å². The minimum Gasteiger partial charge on any atom is -0.378 e. The second-order valence-corrected chi connectivity index (χ2v) is 6.60. The molecular formula is C15H13N3O4S2. The molecule has 124 valence electrons. The van der Waals surface area contributed by atoms with Crippen molar-refractivity contribution in [1.82, 2.24) is 10.5 Å². The van der Waals surface area contributed by atoms with Crippen LogP contribution in [0.3, 0.4) is 0 Å². The van der Waals surface area contributed by atoms with Crippen LogP contribution >= 0.6 is 22.7 Å². The van der Waals surface area contributed by atoms with Crippen molar-refractivity contribution in [2.75, 3.05) is 11.9 Å². The number of aliphatic hydroxyl groups is 1. The molecule has 2 amide bonds. The lowest BCUT2D eigenvalue weighted by molar-refractivity contribution is -0.136. The Kier molecular flexibility index (Phi) is 4.74. The van der Waals surface area contributed by atoms with E-state index in [1.54, 1.807) is 17.5 Å². The van der Waals surface area contributed by atoms with Crippen LogP contribution in [0.4, 0.5) is 5.82 Å². The molecule has 0 saturated carbocycles. The van der Waals surface area contributed by atoms with Gasteiger partial charge in [-0.05, 0) is 28.3 Å². The maximum atomic E-state index is 12.0. The molecule has 0 aliphatic rings. The highest BCUT2D eigenvalue weighted by Crippen LogP contribution is 2.33. The number of carbonyl (C=O) groups is 2. The molecule has 1 atom stereocenters. The molecule has 0 bridgehead atoms. The average molecular weight is 363 g/mol. The first-order valence-corrected chi connectivity index (χ1v) is 8.70. The Labute approximate surface area is 144 Å². The van der Waals surface area contributed by atoms with E-state index >= 15 is 0 Å². The number of amides is 2. The molecule has 3 N–H and O–H groups in total. The smallest absolute Gasteiger partial charge is 0.314 e. The van der Waals surface area contributed by atoms with Crippen molar-refractivity contribution in [3.63, 3.8) is 0 Å². The van der Waals surface area contributed by atoms with Crippen molar-refractivity contribution >= 4 is 40.3 Å². The molecule has 3 aromatic rings. The lowest BCUT2D eigenvalue weighted by Gasteiger charge is -2.26. The van der Waals surface area contributed by atoms with Crippen LogP contribution < -0.4 is 10.6 Å². The Bertz CT molecular complexity index is 764. The zero-order chi connectivity index (χ0) is 17.0. The third-order valence-electron chi connectivity index (χ3n) is 3.32. The molecular weight excluding hydrogens is 350 g/mol. The summed E-state index contributed by atoms with van der Waals surface area (Å²) in [4.78, 5) is 24.5. The highest BCUT2D eigenvalue weighted by Gasteiger charge is 2.34. The first-order valence-electron chi connectivity index (χ1n) is 6.88. The van der Waals surface area contributed by atoms with Crippen molar-refractivity contribution in [2.24, 2.45) is 0 Å². The van der Waals surface area contributed by atoms with E-state index < -0.39 is 17.4 Å². The van der Waals surface area contributed by atoms with Crippen molar-refractivity contribution in [3.8, 4) is 0 Å². The quantitative estimate of drug-likeness (QED) is 0.600. The molecule has 3 heterocycles. The highest BCUT2D eigenvalue weighted by molar-refractivity contribution is 7.10. The third-order valence-corrected chi connectivity index (χ3v) is 5.02. The van der Waals surface area contributed by atoms with Crippen molar-refractivity contribution < 1.29 is 19.2 Å². The van der Waals surface area contributed by atoms with E-state index in [2.05, 4.69) is 20.3 Å². The molecule has 0 unspecified atom stereocenters. The second-order valence-electron chi connectivity index (χ2n) is 4.87. The van der Waals surface area contributed by atoms with Gasteiger partial charge in [-0.2, -0.15) is 11.3 Å². The summed E-state index contributed by atoms with van der Waals surface area (Å²) in [6.45, 7) is -0.130. The number of hydrogen-bond acceptors (Lipinski definition) is 7. The van der Waals surface area contributed by atoms with Gasteiger partial charge in [0.15, 0.2) is 5.82 Å².